The fourth-order valence-electron chi connectivity index (χ4n) is 3.05. The summed E-state index contributed by atoms with van der Waals surface area (Å²) in [5.41, 5.74) is 2.05. The van der Waals surface area contributed by atoms with Gasteiger partial charge in [0.15, 0.2) is 5.76 Å². The van der Waals surface area contributed by atoms with Crippen molar-refractivity contribution in [2.45, 2.75) is 6.92 Å². The lowest BCUT2D eigenvalue weighted by Gasteiger charge is -2.06. The van der Waals surface area contributed by atoms with Crippen molar-refractivity contribution < 1.29 is 24.0 Å². The molecule has 0 aliphatic carbocycles. The van der Waals surface area contributed by atoms with Crippen LogP contribution in [-0.4, -0.2) is 16.7 Å². The Labute approximate surface area is 171 Å². The van der Waals surface area contributed by atoms with Crippen LogP contribution in [0.5, 0.6) is 11.5 Å². The molecule has 0 bridgehead atoms. The standard InChI is InChI=1S/C23H15NO6/c1-14-4-2-6-16(10-14)23(26)29-18-8-9-19-20(13-18)30-21(22(19)25)12-15-5-3-7-17(11-15)24(27)28/h2-13H,1H3/b21-12-. The highest BCUT2D eigenvalue weighted by Gasteiger charge is 2.28. The van der Waals surface area contributed by atoms with Gasteiger partial charge in [-0.3, -0.25) is 14.9 Å². The second-order valence-electron chi connectivity index (χ2n) is 6.71. The summed E-state index contributed by atoms with van der Waals surface area (Å²) in [6, 6.07) is 17.4. The molecule has 1 aliphatic rings. The van der Waals surface area contributed by atoms with Crippen LogP contribution in [0.3, 0.4) is 0 Å². The highest BCUT2D eigenvalue weighted by Crippen LogP contribution is 2.35. The number of esters is 1. The Kier molecular flexibility index (Phi) is 4.85. The maximum atomic E-state index is 12.6. The molecule has 3 aromatic carbocycles. The van der Waals surface area contributed by atoms with Gasteiger partial charge in [-0.25, -0.2) is 4.79 Å². The highest BCUT2D eigenvalue weighted by atomic mass is 16.6. The van der Waals surface area contributed by atoms with Crippen molar-refractivity contribution in [1.29, 1.82) is 0 Å². The van der Waals surface area contributed by atoms with E-state index in [1.807, 2.05) is 13.0 Å². The van der Waals surface area contributed by atoms with Gasteiger partial charge in [0, 0.05) is 18.2 Å². The first-order chi connectivity index (χ1) is 14.4. The Hall–Kier alpha value is -4.26. The lowest BCUT2D eigenvalue weighted by atomic mass is 10.1. The summed E-state index contributed by atoms with van der Waals surface area (Å²) in [4.78, 5) is 35.3. The molecule has 148 valence electrons. The molecule has 0 atom stereocenters. The lowest BCUT2D eigenvalue weighted by Crippen LogP contribution is -2.08. The van der Waals surface area contributed by atoms with Gasteiger partial charge in [0.25, 0.3) is 5.69 Å². The van der Waals surface area contributed by atoms with E-state index in [9.17, 15) is 19.7 Å². The Morgan fingerprint density at radius 1 is 1.07 bits per heavy atom. The zero-order valence-corrected chi connectivity index (χ0v) is 15.8. The van der Waals surface area contributed by atoms with Gasteiger partial charge in [-0.15, -0.1) is 0 Å². The van der Waals surface area contributed by atoms with E-state index in [4.69, 9.17) is 9.47 Å². The molecule has 0 aromatic heterocycles. The van der Waals surface area contributed by atoms with Crippen LogP contribution in [-0.2, 0) is 0 Å². The average molecular weight is 401 g/mol. The van der Waals surface area contributed by atoms with Crippen molar-refractivity contribution in [3.63, 3.8) is 0 Å². The number of Topliss-reactive ketones (excluding diaryl/α,β-unsaturated/α-hetero) is 1. The first kappa shape index (κ1) is 19.1. The monoisotopic (exact) mass is 401 g/mol. The predicted molar refractivity (Wildman–Crippen MR) is 109 cm³/mol. The van der Waals surface area contributed by atoms with Gasteiger partial charge < -0.3 is 9.47 Å². The second kappa shape index (κ2) is 7.63. The van der Waals surface area contributed by atoms with E-state index in [1.54, 1.807) is 24.3 Å². The maximum absolute atomic E-state index is 12.6. The molecule has 7 nitrogen and oxygen atoms in total. The minimum atomic E-state index is -0.518. The molecule has 30 heavy (non-hydrogen) atoms. The van der Waals surface area contributed by atoms with E-state index < -0.39 is 10.9 Å². The van der Waals surface area contributed by atoms with E-state index in [0.717, 1.165) is 5.56 Å². The number of benzene rings is 3. The molecule has 0 amide bonds. The number of nitrogens with zero attached hydrogens (tertiary/aromatic N) is 1. The van der Waals surface area contributed by atoms with Crippen molar-refractivity contribution in [3.8, 4) is 11.5 Å². The number of ketones is 1. The summed E-state index contributed by atoms with van der Waals surface area (Å²) >= 11 is 0. The number of carbonyl (C=O) groups excluding carboxylic acids is 2. The minimum Gasteiger partial charge on any atom is -0.452 e. The van der Waals surface area contributed by atoms with Gasteiger partial charge in [0.2, 0.25) is 5.78 Å². The van der Waals surface area contributed by atoms with Crippen LogP contribution in [0.1, 0.15) is 31.8 Å². The van der Waals surface area contributed by atoms with Gasteiger partial charge in [-0.1, -0.05) is 29.8 Å². The summed E-state index contributed by atoms with van der Waals surface area (Å²) in [6.45, 7) is 1.88. The quantitative estimate of drug-likeness (QED) is 0.206. The number of rotatable bonds is 4. The predicted octanol–water partition coefficient (Wildman–Crippen LogP) is 4.74. The van der Waals surface area contributed by atoms with Crippen molar-refractivity contribution in [1.82, 2.24) is 0 Å². The Morgan fingerprint density at radius 2 is 1.87 bits per heavy atom. The van der Waals surface area contributed by atoms with E-state index in [-0.39, 0.29) is 28.7 Å². The molecular weight excluding hydrogens is 386 g/mol. The van der Waals surface area contributed by atoms with Gasteiger partial charge >= 0.3 is 5.97 Å². The molecule has 0 saturated heterocycles. The number of non-ortho nitro benzene ring substituents is 1. The third-order valence-electron chi connectivity index (χ3n) is 4.48. The van der Waals surface area contributed by atoms with Gasteiger partial charge in [0.1, 0.15) is 11.5 Å². The number of allylic oxidation sites excluding steroid dienone is 1. The minimum absolute atomic E-state index is 0.0349. The number of aryl methyl sites for hydroxylation is 1. The largest absolute Gasteiger partial charge is 0.452 e. The molecule has 0 spiro atoms. The molecule has 4 rings (SSSR count). The third-order valence-corrected chi connectivity index (χ3v) is 4.48. The van der Waals surface area contributed by atoms with Gasteiger partial charge in [0.05, 0.1) is 16.1 Å². The number of ether oxygens (including phenoxy) is 2. The Morgan fingerprint density at radius 3 is 2.63 bits per heavy atom. The van der Waals surface area contributed by atoms with Crippen LogP contribution < -0.4 is 9.47 Å². The number of hydrogen-bond donors (Lipinski definition) is 0. The van der Waals surface area contributed by atoms with Crippen LogP contribution in [0.25, 0.3) is 6.08 Å². The normalized spacial score (nSPS) is 13.6. The van der Waals surface area contributed by atoms with Crippen LogP contribution in [0, 0.1) is 17.0 Å². The van der Waals surface area contributed by atoms with E-state index in [2.05, 4.69) is 0 Å². The Bertz CT molecular complexity index is 1230. The average Bonchev–Trinajstić information content (AvgIpc) is 3.03. The van der Waals surface area contributed by atoms with Crippen LogP contribution in [0.2, 0.25) is 0 Å². The highest BCUT2D eigenvalue weighted by molar-refractivity contribution is 6.14. The number of nitro benzene ring substituents is 1. The zero-order chi connectivity index (χ0) is 21.3. The summed E-state index contributed by atoms with van der Waals surface area (Å²) < 4.78 is 11.0. The maximum Gasteiger partial charge on any atom is 0.343 e. The van der Waals surface area contributed by atoms with Crippen LogP contribution >= 0.6 is 0 Å². The van der Waals surface area contributed by atoms with Crippen LogP contribution in [0.15, 0.2) is 72.5 Å². The number of fused-ring (bicyclic) bond motifs is 1. The first-order valence-electron chi connectivity index (χ1n) is 9.02. The smallest absolute Gasteiger partial charge is 0.343 e. The summed E-state index contributed by atoms with van der Waals surface area (Å²) in [6.07, 6.45) is 1.44. The van der Waals surface area contributed by atoms with Gasteiger partial charge in [-0.05, 0) is 42.8 Å². The molecule has 1 heterocycles. The number of nitro groups is 1. The Balaban J connectivity index is 1.56. The van der Waals surface area contributed by atoms with Crippen molar-refractivity contribution in [2.75, 3.05) is 0 Å². The molecule has 0 saturated carbocycles. The second-order valence-corrected chi connectivity index (χ2v) is 6.71. The summed E-state index contributed by atoms with van der Waals surface area (Å²) in [7, 11) is 0. The fraction of sp³-hybridized carbons (Fsp3) is 0.0435. The number of carbonyl (C=O) groups is 2. The zero-order valence-electron chi connectivity index (χ0n) is 15.8. The van der Waals surface area contributed by atoms with Crippen molar-refractivity contribution >= 4 is 23.5 Å². The van der Waals surface area contributed by atoms with E-state index in [1.165, 1.54) is 42.5 Å². The molecule has 0 N–H and O–H groups in total. The molecule has 0 radical (unpaired) electrons. The SMILES string of the molecule is Cc1cccc(C(=O)Oc2ccc3c(c2)O/C(=C\c2cccc([N+](=O)[O-])c2)C3=O)c1. The van der Waals surface area contributed by atoms with E-state index >= 15 is 0 Å². The molecule has 0 unspecified atom stereocenters. The van der Waals surface area contributed by atoms with Gasteiger partial charge in [-0.2, -0.15) is 0 Å². The topological polar surface area (TPSA) is 95.7 Å². The van der Waals surface area contributed by atoms with Crippen LogP contribution in [0.4, 0.5) is 5.69 Å². The molecule has 0 fully saturated rings. The summed E-state index contributed by atoms with van der Waals surface area (Å²) in [5, 5.41) is 10.9. The number of hydrogen-bond acceptors (Lipinski definition) is 6. The van der Waals surface area contributed by atoms with E-state index in [0.29, 0.717) is 16.7 Å². The molecule has 1 aliphatic heterocycles. The molecular formula is C23H15NO6. The fourth-order valence-corrected chi connectivity index (χ4v) is 3.05. The summed E-state index contributed by atoms with van der Waals surface area (Å²) in [5.74, 6) is -0.341. The van der Waals surface area contributed by atoms with Crippen molar-refractivity contribution in [3.05, 3.63) is 105 Å². The molecule has 3 aromatic rings. The molecule has 7 heteroatoms. The van der Waals surface area contributed by atoms with Crippen molar-refractivity contribution in [2.24, 2.45) is 0 Å². The third kappa shape index (κ3) is 3.81. The lowest BCUT2D eigenvalue weighted by molar-refractivity contribution is -0.384. The first-order valence-corrected chi connectivity index (χ1v) is 9.02.